The number of carbonyl (C=O) groups is 1. The quantitative estimate of drug-likeness (QED) is 0.918. The van der Waals surface area contributed by atoms with E-state index in [2.05, 4.69) is 22.3 Å². The molecule has 0 atom stereocenters. The summed E-state index contributed by atoms with van der Waals surface area (Å²) in [6.45, 7) is 5.34. The molecule has 136 valence electrons. The predicted octanol–water partition coefficient (Wildman–Crippen LogP) is 3.20. The first-order valence-electron chi connectivity index (χ1n) is 9.22. The molecule has 0 saturated carbocycles. The van der Waals surface area contributed by atoms with Gasteiger partial charge < -0.3 is 14.8 Å². The second-order valence-electron chi connectivity index (χ2n) is 6.90. The van der Waals surface area contributed by atoms with Crippen molar-refractivity contribution in [2.75, 3.05) is 19.7 Å². The lowest BCUT2D eigenvalue weighted by Crippen LogP contribution is -2.60. The molecular weight excluding hydrogens is 328 g/mol. The van der Waals surface area contributed by atoms with Crippen molar-refractivity contribution < 1.29 is 14.3 Å². The van der Waals surface area contributed by atoms with Crippen molar-refractivity contribution >= 4 is 5.91 Å². The first kappa shape index (κ1) is 16.9. The van der Waals surface area contributed by atoms with Crippen LogP contribution in [0.3, 0.4) is 0 Å². The van der Waals surface area contributed by atoms with E-state index in [0.717, 1.165) is 38.2 Å². The van der Waals surface area contributed by atoms with Gasteiger partial charge in [0.15, 0.2) is 5.72 Å². The molecular formula is C21H24N2O3. The lowest BCUT2D eigenvalue weighted by atomic mass is 9.96. The highest BCUT2D eigenvalue weighted by atomic mass is 16.5. The van der Waals surface area contributed by atoms with Gasteiger partial charge in [-0.15, -0.1) is 0 Å². The Kier molecular flexibility index (Phi) is 4.55. The van der Waals surface area contributed by atoms with Crippen LogP contribution in [0.15, 0.2) is 48.5 Å². The molecule has 2 aliphatic heterocycles. The van der Waals surface area contributed by atoms with Crippen molar-refractivity contribution in [3.8, 4) is 11.5 Å². The van der Waals surface area contributed by atoms with Crippen LogP contribution < -0.4 is 14.8 Å². The molecule has 1 N–H and O–H groups in total. The number of hydrogen-bond acceptors (Lipinski definition) is 4. The van der Waals surface area contributed by atoms with Gasteiger partial charge >= 0.3 is 0 Å². The summed E-state index contributed by atoms with van der Waals surface area (Å²) in [7, 11) is 0. The molecule has 0 unspecified atom stereocenters. The second kappa shape index (κ2) is 7.00. The molecule has 5 heteroatoms. The van der Waals surface area contributed by atoms with Crippen LogP contribution >= 0.6 is 0 Å². The highest BCUT2D eigenvalue weighted by Crippen LogP contribution is 2.33. The fraction of sp³-hybridized carbons (Fsp3) is 0.381. The Balaban J connectivity index is 1.38. The van der Waals surface area contributed by atoms with Crippen LogP contribution in [0.2, 0.25) is 0 Å². The summed E-state index contributed by atoms with van der Waals surface area (Å²) >= 11 is 0. The number of carbonyl (C=O) groups excluding carboxylic acids is 1. The van der Waals surface area contributed by atoms with E-state index < -0.39 is 5.72 Å². The largest absolute Gasteiger partial charge is 0.494 e. The van der Waals surface area contributed by atoms with Gasteiger partial charge in [-0.25, -0.2) is 0 Å². The van der Waals surface area contributed by atoms with Crippen LogP contribution in [0, 0.1) is 0 Å². The normalized spacial score (nSPS) is 18.7. The average molecular weight is 352 g/mol. The Morgan fingerprint density at radius 2 is 1.85 bits per heavy atom. The van der Waals surface area contributed by atoms with Gasteiger partial charge in [0.25, 0.3) is 5.91 Å². The topological polar surface area (TPSA) is 50.8 Å². The van der Waals surface area contributed by atoms with E-state index in [1.165, 1.54) is 5.56 Å². The van der Waals surface area contributed by atoms with Crippen molar-refractivity contribution in [2.24, 2.45) is 0 Å². The van der Waals surface area contributed by atoms with Crippen molar-refractivity contribution in [3.63, 3.8) is 0 Å². The van der Waals surface area contributed by atoms with Crippen LogP contribution in [0.5, 0.6) is 11.5 Å². The number of fused-ring (bicyclic) bond motifs is 1. The Morgan fingerprint density at radius 3 is 2.58 bits per heavy atom. The van der Waals surface area contributed by atoms with Gasteiger partial charge in [0, 0.05) is 32.5 Å². The maximum atomic E-state index is 12.4. The molecule has 0 bridgehead atoms. The zero-order valence-electron chi connectivity index (χ0n) is 15.0. The van der Waals surface area contributed by atoms with E-state index in [4.69, 9.17) is 9.47 Å². The standard InChI is InChI=1S/C21H24N2O3/c1-2-25-17-9-7-16(8-10-17)15-23-13-11-21(12-14-23)22-20(24)18-5-3-4-6-19(18)26-21/h3-10H,2,11-15H2,1H3,(H,22,24). The number of piperidine rings is 1. The van der Waals surface area contributed by atoms with E-state index >= 15 is 0 Å². The van der Waals surface area contributed by atoms with Crippen LogP contribution in [-0.4, -0.2) is 36.2 Å². The second-order valence-corrected chi connectivity index (χ2v) is 6.90. The van der Waals surface area contributed by atoms with Gasteiger partial charge in [-0.3, -0.25) is 9.69 Å². The fourth-order valence-corrected chi connectivity index (χ4v) is 3.67. The lowest BCUT2D eigenvalue weighted by Gasteiger charge is -2.44. The number of rotatable bonds is 4. The average Bonchev–Trinajstić information content (AvgIpc) is 2.66. The molecule has 1 amide bonds. The van der Waals surface area contributed by atoms with Crippen molar-refractivity contribution in [1.29, 1.82) is 0 Å². The molecule has 2 aromatic rings. The first-order valence-corrected chi connectivity index (χ1v) is 9.22. The van der Waals surface area contributed by atoms with Crippen LogP contribution in [0.1, 0.15) is 35.7 Å². The van der Waals surface area contributed by atoms with E-state index in [1.54, 1.807) is 6.07 Å². The Hall–Kier alpha value is -2.53. The summed E-state index contributed by atoms with van der Waals surface area (Å²) in [5, 5.41) is 3.09. The summed E-state index contributed by atoms with van der Waals surface area (Å²) in [5.74, 6) is 1.56. The number of ether oxygens (including phenoxy) is 2. The van der Waals surface area contributed by atoms with E-state index in [-0.39, 0.29) is 5.91 Å². The number of benzene rings is 2. The number of nitrogens with one attached hydrogen (secondary N) is 1. The molecule has 4 rings (SSSR count). The zero-order valence-corrected chi connectivity index (χ0v) is 15.0. The Bertz CT molecular complexity index is 780. The number of para-hydroxylation sites is 1. The summed E-state index contributed by atoms with van der Waals surface area (Å²) in [6.07, 6.45) is 1.56. The molecule has 1 spiro atoms. The molecule has 1 fully saturated rings. The third-order valence-electron chi connectivity index (χ3n) is 5.08. The van der Waals surface area contributed by atoms with Crippen LogP contribution in [0.25, 0.3) is 0 Å². The molecule has 5 nitrogen and oxygen atoms in total. The lowest BCUT2D eigenvalue weighted by molar-refractivity contribution is -0.0304. The Morgan fingerprint density at radius 1 is 1.12 bits per heavy atom. The maximum Gasteiger partial charge on any atom is 0.258 e. The molecule has 26 heavy (non-hydrogen) atoms. The monoisotopic (exact) mass is 352 g/mol. The zero-order chi connectivity index (χ0) is 18.0. The van der Waals surface area contributed by atoms with E-state index in [0.29, 0.717) is 17.9 Å². The number of amides is 1. The minimum absolute atomic E-state index is 0.0354. The summed E-state index contributed by atoms with van der Waals surface area (Å²) in [6, 6.07) is 15.7. The third-order valence-corrected chi connectivity index (χ3v) is 5.08. The number of hydrogen-bond donors (Lipinski definition) is 1. The van der Waals surface area contributed by atoms with Gasteiger partial charge in [-0.05, 0) is 36.8 Å². The highest BCUT2D eigenvalue weighted by molar-refractivity contribution is 5.98. The summed E-state index contributed by atoms with van der Waals surface area (Å²) < 4.78 is 11.7. The minimum Gasteiger partial charge on any atom is -0.494 e. The van der Waals surface area contributed by atoms with Gasteiger partial charge in [0.1, 0.15) is 11.5 Å². The molecule has 0 radical (unpaired) electrons. The summed E-state index contributed by atoms with van der Waals surface area (Å²) in [4.78, 5) is 14.8. The van der Waals surface area contributed by atoms with Crippen LogP contribution in [-0.2, 0) is 6.54 Å². The predicted molar refractivity (Wildman–Crippen MR) is 99.4 cm³/mol. The maximum absolute atomic E-state index is 12.4. The minimum atomic E-state index is -0.569. The number of nitrogens with zero attached hydrogens (tertiary/aromatic N) is 1. The van der Waals surface area contributed by atoms with Gasteiger partial charge in [-0.2, -0.15) is 0 Å². The van der Waals surface area contributed by atoms with Crippen LogP contribution in [0.4, 0.5) is 0 Å². The molecule has 2 heterocycles. The molecule has 2 aromatic carbocycles. The SMILES string of the molecule is CCOc1ccc(CN2CCC3(CC2)NC(=O)c2ccccc2O3)cc1. The van der Waals surface area contributed by atoms with Gasteiger partial charge in [0.05, 0.1) is 12.2 Å². The number of likely N-dealkylation sites (tertiary alicyclic amines) is 1. The van der Waals surface area contributed by atoms with E-state index in [9.17, 15) is 4.79 Å². The molecule has 1 saturated heterocycles. The third kappa shape index (κ3) is 3.40. The molecule has 0 aromatic heterocycles. The molecule has 2 aliphatic rings. The fourth-order valence-electron chi connectivity index (χ4n) is 3.67. The van der Waals surface area contributed by atoms with E-state index in [1.807, 2.05) is 37.3 Å². The first-order chi connectivity index (χ1) is 12.7. The van der Waals surface area contributed by atoms with Crippen molar-refractivity contribution in [2.45, 2.75) is 32.0 Å². The highest BCUT2D eigenvalue weighted by Gasteiger charge is 2.42. The van der Waals surface area contributed by atoms with Crippen molar-refractivity contribution in [1.82, 2.24) is 10.2 Å². The van der Waals surface area contributed by atoms with Gasteiger partial charge in [0.2, 0.25) is 0 Å². The Labute approximate surface area is 153 Å². The molecule has 0 aliphatic carbocycles. The van der Waals surface area contributed by atoms with Crippen molar-refractivity contribution in [3.05, 3.63) is 59.7 Å². The summed E-state index contributed by atoms with van der Waals surface area (Å²) in [5.41, 5.74) is 1.32. The smallest absolute Gasteiger partial charge is 0.258 e. The van der Waals surface area contributed by atoms with Gasteiger partial charge in [-0.1, -0.05) is 24.3 Å².